The van der Waals surface area contributed by atoms with Crippen LogP contribution in [0.1, 0.15) is 36.0 Å². The Hall–Kier alpha value is -3.50. The highest BCUT2D eigenvalue weighted by atomic mass is 31.1. The molecule has 0 heterocycles. The van der Waals surface area contributed by atoms with Gasteiger partial charge in [-0.25, -0.2) is 0 Å². The van der Waals surface area contributed by atoms with Crippen LogP contribution in [0.25, 0.3) is 0 Å². The van der Waals surface area contributed by atoms with Crippen LogP contribution in [-0.4, -0.2) is 39.2 Å². The number of ether oxygens (including phenoxy) is 3. The number of esters is 3. The number of benzene rings is 3. The lowest BCUT2D eigenvalue weighted by atomic mass is 10.1. The molecule has 3 rings (SSSR count). The van der Waals surface area contributed by atoms with Crippen LogP contribution in [0.15, 0.2) is 72.8 Å². The maximum atomic E-state index is 11.5. The van der Waals surface area contributed by atoms with E-state index in [0.29, 0.717) is 38.5 Å². The number of carbonyl (C=O) groups excluding carboxylic acids is 3. The largest absolute Gasteiger partial charge is 0.469 e. The lowest BCUT2D eigenvalue weighted by molar-refractivity contribution is -0.141. The van der Waals surface area contributed by atoms with E-state index in [-0.39, 0.29) is 17.9 Å². The van der Waals surface area contributed by atoms with Gasteiger partial charge < -0.3 is 14.2 Å². The Balaban J connectivity index is 1.85. The number of hydrogen-bond donors (Lipinski definition) is 0. The molecule has 0 saturated heterocycles. The average molecular weight is 521 g/mol. The van der Waals surface area contributed by atoms with Crippen LogP contribution < -0.4 is 15.9 Å². The Morgan fingerprint density at radius 3 is 0.946 bits per heavy atom. The summed E-state index contributed by atoms with van der Waals surface area (Å²) in [6, 6.07) is 25.2. The van der Waals surface area contributed by atoms with Gasteiger partial charge in [0.1, 0.15) is 0 Å². The molecular weight excluding hydrogens is 487 g/mol. The summed E-state index contributed by atoms with van der Waals surface area (Å²) in [5.74, 6) is -0.650. The average Bonchev–Trinajstić information content (AvgIpc) is 2.95. The van der Waals surface area contributed by atoms with Crippen molar-refractivity contribution in [2.24, 2.45) is 0 Å². The van der Waals surface area contributed by atoms with Gasteiger partial charge in [-0.3, -0.25) is 14.4 Å². The smallest absolute Gasteiger partial charge is 0.305 e. The van der Waals surface area contributed by atoms with E-state index >= 15 is 0 Å². The number of carbonyl (C=O) groups is 3. The molecule has 0 spiro atoms. The van der Waals surface area contributed by atoms with Gasteiger partial charge >= 0.3 is 17.9 Å². The van der Waals surface area contributed by atoms with Gasteiger partial charge in [0.25, 0.3) is 0 Å². The van der Waals surface area contributed by atoms with E-state index < -0.39 is 7.92 Å². The molecule has 194 valence electrons. The number of rotatable bonds is 12. The molecule has 0 radical (unpaired) electrons. The minimum Gasteiger partial charge on any atom is -0.469 e. The molecule has 6 nitrogen and oxygen atoms in total. The quantitative estimate of drug-likeness (QED) is 0.206. The zero-order valence-electron chi connectivity index (χ0n) is 21.6. The minimum absolute atomic E-state index is 0.217. The minimum atomic E-state index is -0.832. The summed E-state index contributed by atoms with van der Waals surface area (Å²) in [4.78, 5) is 34.6. The first-order valence-electron chi connectivity index (χ1n) is 12.2. The molecule has 0 aliphatic carbocycles. The Bertz CT molecular complexity index is 1020. The molecule has 0 bridgehead atoms. The molecule has 0 aromatic heterocycles. The third-order valence-corrected chi connectivity index (χ3v) is 8.56. The monoisotopic (exact) mass is 520 g/mol. The van der Waals surface area contributed by atoms with Crippen LogP contribution in [0.5, 0.6) is 0 Å². The van der Waals surface area contributed by atoms with Crippen molar-refractivity contribution in [2.45, 2.75) is 38.5 Å². The van der Waals surface area contributed by atoms with Crippen LogP contribution in [-0.2, 0) is 47.9 Å². The molecule has 0 amide bonds. The molecule has 7 heteroatoms. The fraction of sp³-hybridized carbons (Fsp3) is 0.300. The Morgan fingerprint density at radius 2 is 0.730 bits per heavy atom. The van der Waals surface area contributed by atoms with Gasteiger partial charge in [-0.1, -0.05) is 72.8 Å². The molecule has 0 unspecified atom stereocenters. The van der Waals surface area contributed by atoms with Crippen LogP contribution >= 0.6 is 7.92 Å². The van der Waals surface area contributed by atoms with Crippen LogP contribution in [0.3, 0.4) is 0 Å². The number of methoxy groups -OCH3 is 3. The first kappa shape index (κ1) is 28.1. The number of aryl methyl sites for hydroxylation is 3. The van der Waals surface area contributed by atoms with Crippen molar-refractivity contribution in [3.05, 3.63) is 89.5 Å². The van der Waals surface area contributed by atoms with E-state index in [1.165, 1.54) is 37.2 Å². The predicted molar refractivity (Wildman–Crippen MR) is 146 cm³/mol. The van der Waals surface area contributed by atoms with Crippen molar-refractivity contribution in [1.29, 1.82) is 0 Å². The Labute approximate surface area is 219 Å². The van der Waals surface area contributed by atoms with Gasteiger partial charge in [0.05, 0.1) is 21.3 Å². The summed E-state index contributed by atoms with van der Waals surface area (Å²) in [6.07, 6.45) is 2.96. The molecule has 0 atom stereocenters. The van der Waals surface area contributed by atoms with Gasteiger partial charge in [0.2, 0.25) is 0 Å². The predicted octanol–water partition coefficient (Wildman–Crippen LogP) is 3.76. The third-order valence-electron chi connectivity index (χ3n) is 6.12. The third kappa shape index (κ3) is 8.54. The highest BCUT2D eigenvalue weighted by molar-refractivity contribution is 7.79. The van der Waals surface area contributed by atoms with Crippen LogP contribution in [0, 0.1) is 0 Å². The zero-order chi connectivity index (χ0) is 26.6. The highest BCUT2D eigenvalue weighted by Crippen LogP contribution is 2.33. The first-order chi connectivity index (χ1) is 17.9. The van der Waals surface area contributed by atoms with Crippen molar-refractivity contribution in [3.63, 3.8) is 0 Å². The summed E-state index contributed by atoms with van der Waals surface area (Å²) >= 11 is 0. The second-order valence-corrected chi connectivity index (χ2v) is 10.8. The maximum Gasteiger partial charge on any atom is 0.305 e. The summed E-state index contributed by atoms with van der Waals surface area (Å²) in [5, 5.41) is 3.59. The molecule has 3 aromatic rings. The van der Waals surface area contributed by atoms with E-state index in [1.54, 1.807) is 0 Å². The second-order valence-electron chi connectivity index (χ2n) is 8.56. The topological polar surface area (TPSA) is 78.9 Å². The molecule has 0 aliphatic heterocycles. The van der Waals surface area contributed by atoms with Crippen molar-refractivity contribution in [1.82, 2.24) is 0 Å². The summed E-state index contributed by atoms with van der Waals surface area (Å²) in [5.41, 5.74) is 3.25. The van der Waals surface area contributed by atoms with Crippen LogP contribution in [0.2, 0.25) is 0 Å². The van der Waals surface area contributed by atoms with Crippen molar-refractivity contribution in [2.75, 3.05) is 21.3 Å². The van der Waals surface area contributed by atoms with Crippen molar-refractivity contribution < 1.29 is 28.6 Å². The zero-order valence-corrected chi connectivity index (χ0v) is 22.5. The maximum absolute atomic E-state index is 11.5. The highest BCUT2D eigenvalue weighted by Gasteiger charge is 2.17. The summed E-state index contributed by atoms with van der Waals surface area (Å²) in [6.45, 7) is 0. The molecule has 0 N–H and O–H groups in total. The van der Waals surface area contributed by atoms with Gasteiger partial charge in [-0.15, -0.1) is 0 Å². The molecule has 3 aromatic carbocycles. The number of hydrogen-bond acceptors (Lipinski definition) is 6. The molecule has 0 aliphatic rings. The standard InChI is InChI=1S/C30H33O6P/c1-34-28(31)19-10-22-4-13-25(14-5-22)37(26-15-6-23(7-16-26)11-20-29(32)35-2)27-17-8-24(9-18-27)12-21-30(33)36-3/h4-9,13-18H,10-12,19-21H2,1-3H3. The van der Waals surface area contributed by atoms with Crippen molar-refractivity contribution >= 4 is 41.7 Å². The van der Waals surface area contributed by atoms with E-state index in [2.05, 4.69) is 72.8 Å². The van der Waals surface area contributed by atoms with Gasteiger partial charge in [-0.2, -0.15) is 0 Å². The molecule has 37 heavy (non-hydrogen) atoms. The fourth-order valence-electron chi connectivity index (χ4n) is 3.93. The first-order valence-corrected chi connectivity index (χ1v) is 13.5. The lowest BCUT2D eigenvalue weighted by Crippen LogP contribution is -2.21. The lowest BCUT2D eigenvalue weighted by Gasteiger charge is -2.20. The van der Waals surface area contributed by atoms with Crippen molar-refractivity contribution in [3.8, 4) is 0 Å². The second kappa shape index (κ2) is 14.3. The van der Waals surface area contributed by atoms with Gasteiger partial charge in [0, 0.05) is 19.3 Å². The Morgan fingerprint density at radius 1 is 0.486 bits per heavy atom. The molecule has 0 fully saturated rings. The SMILES string of the molecule is COC(=O)CCc1ccc(P(c2ccc(CCC(=O)OC)cc2)c2ccc(CCC(=O)OC)cc2)cc1. The molecular formula is C30H33O6P. The van der Waals surface area contributed by atoms with Gasteiger partial charge in [0.15, 0.2) is 0 Å². The van der Waals surface area contributed by atoms with E-state index in [1.807, 2.05) is 0 Å². The Kier molecular flexibility index (Phi) is 10.8. The van der Waals surface area contributed by atoms with E-state index in [4.69, 9.17) is 14.2 Å². The van der Waals surface area contributed by atoms with Crippen LogP contribution in [0.4, 0.5) is 0 Å². The molecule has 0 saturated carbocycles. The summed E-state index contributed by atoms with van der Waals surface area (Å²) < 4.78 is 14.3. The fourth-order valence-corrected chi connectivity index (χ4v) is 6.16. The van der Waals surface area contributed by atoms with Gasteiger partial charge in [-0.05, 0) is 59.8 Å². The summed E-state index contributed by atoms with van der Waals surface area (Å²) in [7, 11) is 3.38. The normalized spacial score (nSPS) is 10.7. The van der Waals surface area contributed by atoms with E-state index in [9.17, 15) is 14.4 Å². The van der Waals surface area contributed by atoms with E-state index in [0.717, 1.165) is 16.7 Å².